The zero-order chi connectivity index (χ0) is 21.6. The molecular weight excluding hydrogens is 412 g/mol. The summed E-state index contributed by atoms with van der Waals surface area (Å²) in [6.07, 6.45) is 4.48. The van der Waals surface area contributed by atoms with Gasteiger partial charge in [-0.1, -0.05) is 41.9 Å². The second-order valence-electron chi connectivity index (χ2n) is 7.46. The van der Waals surface area contributed by atoms with Crippen LogP contribution in [0.3, 0.4) is 0 Å². The third-order valence-corrected chi connectivity index (χ3v) is 5.69. The molecule has 2 N–H and O–H groups in total. The molecule has 0 saturated carbocycles. The average Bonchev–Trinajstić information content (AvgIpc) is 2.81. The van der Waals surface area contributed by atoms with Crippen LogP contribution < -0.4 is 10.6 Å². The zero-order valence-corrected chi connectivity index (χ0v) is 17.7. The molecule has 6 nitrogen and oxygen atoms in total. The van der Waals surface area contributed by atoms with E-state index in [9.17, 15) is 9.59 Å². The van der Waals surface area contributed by atoms with E-state index < -0.39 is 11.8 Å². The van der Waals surface area contributed by atoms with Gasteiger partial charge in [-0.15, -0.1) is 0 Å². The Hall–Kier alpha value is -3.22. The summed E-state index contributed by atoms with van der Waals surface area (Å²) in [6, 6.07) is 18.8. The molecule has 0 unspecified atom stereocenters. The lowest BCUT2D eigenvalue weighted by atomic mass is 9.97. The van der Waals surface area contributed by atoms with E-state index in [1.54, 1.807) is 30.5 Å². The molecule has 0 radical (unpaired) electrons. The Bertz CT molecular complexity index is 1060. The van der Waals surface area contributed by atoms with Gasteiger partial charge in [0.2, 0.25) is 0 Å². The Morgan fingerprint density at radius 2 is 1.77 bits per heavy atom. The van der Waals surface area contributed by atoms with Crippen molar-refractivity contribution in [1.82, 2.24) is 15.2 Å². The Labute approximate surface area is 186 Å². The van der Waals surface area contributed by atoms with Crippen LogP contribution in [0.2, 0.25) is 5.02 Å². The Morgan fingerprint density at radius 3 is 2.52 bits per heavy atom. The van der Waals surface area contributed by atoms with E-state index in [0.29, 0.717) is 17.3 Å². The van der Waals surface area contributed by atoms with Crippen LogP contribution in [0.25, 0.3) is 0 Å². The van der Waals surface area contributed by atoms with Crippen molar-refractivity contribution in [3.05, 3.63) is 94.8 Å². The van der Waals surface area contributed by atoms with Crippen molar-refractivity contribution in [2.24, 2.45) is 0 Å². The van der Waals surface area contributed by atoms with Gasteiger partial charge in [0.1, 0.15) is 0 Å². The summed E-state index contributed by atoms with van der Waals surface area (Å²) in [7, 11) is 0. The molecule has 1 aliphatic heterocycles. The van der Waals surface area contributed by atoms with Gasteiger partial charge in [-0.05, 0) is 53.4 Å². The molecule has 3 aromatic rings. The number of benzene rings is 2. The number of anilines is 1. The van der Waals surface area contributed by atoms with Gasteiger partial charge in [0, 0.05) is 42.7 Å². The SMILES string of the molecule is O=C(NC[C@H](c1cccnc1)N1CCc2ccccc2C1)C(=O)Nc1ccc(Cl)cc1. The molecule has 0 spiro atoms. The number of nitrogens with zero attached hydrogens (tertiary/aromatic N) is 2. The average molecular weight is 435 g/mol. The predicted octanol–water partition coefficient (Wildman–Crippen LogP) is 3.59. The highest BCUT2D eigenvalue weighted by molar-refractivity contribution is 6.39. The second kappa shape index (κ2) is 9.73. The minimum Gasteiger partial charge on any atom is -0.346 e. The molecule has 2 heterocycles. The van der Waals surface area contributed by atoms with Crippen LogP contribution in [0, 0.1) is 0 Å². The molecule has 1 aromatic heterocycles. The molecule has 1 aliphatic rings. The molecule has 0 fully saturated rings. The lowest BCUT2D eigenvalue weighted by Crippen LogP contribution is -2.43. The van der Waals surface area contributed by atoms with Crippen molar-refractivity contribution in [3.8, 4) is 0 Å². The smallest absolute Gasteiger partial charge is 0.313 e. The normalized spacial score (nSPS) is 14.4. The summed E-state index contributed by atoms with van der Waals surface area (Å²) < 4.78 is 0. The minimum atomic E-state index is -0.712. The van der Waals surface area contributed by atoms with Gasteiger partial charge in [0.05, 0.1) is 6.04 Å². The molecule has 0 saturated heterocycles. The fraction of sp³-hybridized carbons (Fsp3) is 0.208. The van der Waals surface area contributed by atoms with Gasteiger partial charge in [-0.2, -0.15) is 0 Å². The van der Waals surface area contributed by atoms with Crippen molar-refractivity contribution >= 4 is 29.1 Å². The van der Waals surface area contributed by atoms with Crippen LogP contribution >= 0.6 is 11.6 Å². The van der Waals surface area contributed by atoms with Crippen LogP contribution in [-0.4, -0.2) is 34.8 Å². The standard InChI is InChI=1S/C24H23ClN4O2/c25-20-7-9-21(10-8-20)28-24(31)23(30)27-15-22(18-6-3-12-26-14-18)29-13-11-17-4-1-2-5-19(17)16-29/h1-10,12,14,22H,11,13,15-16H2,(H,27,30)(H,28,31)/t22-/m1/s1. The summed E-state index contributed by atoms with van der Waals surface area (Å²) in [5.74, 6) is -1.39. The number of nitrogens with one attached hydrogen (secondary N) is 2. The summed E-state index contributed by atoms with van der Waals surface area (Å²) >= 11 is 5.86. The number of rotatable bonds is 5. The highest BCUT2D eigenvalue weighted by Crippen LogP contribution is 2.27. The Kier molecular flexibility index (Phi) is 6.60. The van der Waals surface area contributed by atoms with E-state index in [4.69, 9.17) is 11.6 Å². The molecule has 1 atom stereocenters. The van der Waals surface area contributed by atoms with Gasteiger partial charge < -0.3 is 10.6 Å². The van der Waals surface area contributed by atoms with Crippen molar-refractivity contribution in [2.75, 3.05) is 18.4 Å². The van der Waals surface area contributed by atoms with Gasteiger partial charge in [-0.25, -0.2) is 0 Å². The summed E-state index contributed by atoms with van der Waals surface area (Å²) in [5.41, 5.74) is 4.16. The van der Waals surface area contributed by atoms with Crippen LogP contribution in [0.1, 0.15) is 22.7 Å². The summed E-state index contributed by atoms with van der Waals surface area (Å²) in [4.78, 5) is 31.3. The van der Waals surface area contributed by atoms with Crippen LogP contribution in [-0.2, 0) is 22.6 Å². The molecule has 7 heteroatoms. The van der Waals surface area contributed by atoms with Crippen molar-refractivity contribution in [3.63, 3.8) is 0 Å². The number of halogens is 1. The molecule has 0 bridgehead atoms. The molecule has 2 amide bonds. The number of pyridine rings is 1. The molecule has 2 aromatic carbocycles. The first kappa shape index (κ1) is 21.0. The predicted molar refractivity (Wildman–Crippen MR) is 121 cm³/mol. The molecule has 31 heavy (non-hydrogen) atoms. The van der Waals surface area contributed by atoms with E-state index >= 15 is 0 Å². The largest absolute Gasteiger partial charge is 0.346 e. The number of fused-ring (bicyclic) bond motifs is 1. The van der Waals surface area contributed by atoms with E-state index in [1.165, 1.54) is 11.1 Å². The fourth-order valence-corrected chi connectivity index (χ4v) is 3.93. The highest BCUT2D eigenvalue weighted by Gasteiger charge is 2.26. The van der Waals surface area contributed by atoms with E-state index in [1.807, 2.05) is 24.4 Å². The summed E-state index contributed by atoms with van der Waals surface area (Å²) in [5, 5.41) is 5.94. The van der Waals surface area contributed by atoms with E-state index in [0.717, 1.165) is 25.1 Å². The maximum absolute atomic E-state index is 12.4. The number of aromatic nitrogens is 1. The quantitative estimate of drug-likeness (QED) is 0.602. The van der Waals surface area contributed by atoms with Gasteiger partial charge >= 0.3 is 11.8 Å². The topological polar surface area (TPSA) is 74.3 Å². The molecule has 0 aliphatic carbocycles. The third-order valence-electron chi connectivity index (χ3n) is 5.43. The fourth-order valence-electron chi connectivity index (χ4n) is 3.81. The maximum atomic E-state index is 12.4. The highest BCUT2D eigenvalue weighted by atomic mass is 35.5. The number of hydrogen-bond donors (Lipinski definition) is 2. The monoisotopic (exact) mass is 434 g/mol. The number of hydrogen-bond acceptors (Lipinski definition) is 4. The zero-order valence-electron chi connectivity index (χ0n) is 16.9. The summed E-state index contributed by atoms with van der Waals surface area (Å²) in [6.45, 7) is 1.95. The van der Waals surface area contributed by atoms with Crippen LogP contribution in [0.15, 0.2) is 73.1 Å². The Morgan fingerprint density at radius 1 is 1.00 bits per heavy atom. The van der Waals surface area contributed by atoms with Crippen LogP contribution in [0.5, 0.6) is 0 Å². The number of carbonyl (C=O) groups excluding carboxylic acids is 2. The molecule has 158 valence electrons. The van der Waals surface area contributed by atoms with Gasteiger partial charge in [0.25, 0.3) is 0 Å². The van der Waals surface area contributed by atoms with E-state index in [-0.39, 0.29) is 6.04 Å². The van der Waals surface area contributed by atoms with Crippen molar-refractivity contribution in [1.29, 1.82) is 0 Å². The molecule has 4 rings (SSSR count). The minimum absolute atomic E-state index is 0.0886. The third kappa shape index (κ3) is 5.29. The second-order valence-corrected chi connectivity index (χ2v) is 7.90. The Balaban J connectivity index is 1.44. The first-order chi connectivity index (χ1) is 15.1. The van der Waals surface area contributed by atoms with Crippen molar-refractivity contribution < 1.29 is 9.59 Å². The van der Waals surface area contributed by atoms with Crippen molar-refractivity contribution in [2.45, 2.75) is 19.0 Å². The molecular formula is C24H23ClN4O2. The lowest BCUT2D eigenvalue weighted by molar-refractivity contribution is -0.136. The number of carbonyl (C=O) groups is 2. The van der Waals surface area contributed by atoms with E-state index in [2.05, 4.69) is 38.7 Å². The van der Waals surface area contributed by atoms with Gasteiger partial charge in [-0.3, -0.25) is 19.5 Å². The maximum Gasteiger partial charge on any atom is 0.313 e. The first-order valence-electron chi connectivity index (χ1n) is 10.2. The van der Waals surface area contributed by atoms with Crippen LogP contribution in [0.4, 0.5) is 5.69 Å². The first-order valence-corrected chi connectivity index (χ1v) is 10.5. The number of amides is 2. The van der Waals surface area contributed by atoms with Gasteiger partial charge in [0.15, 0.2) is 0 Å². The lowest BCUT2D eigenvalue weighted by Gasteiger charge is -2.35.